The zero-order valence-corrected chi connectivity index (χ0v) is 25.5. The van der Waals surface area contributed by atoms with Crippen LogP contribution in [0.5, 0.6) is 11.5 Å². The van der Waals surface area contributed by atoms with Gasteiger partial charge in [-0.05, 0) is 56.2 Å². The molecule has 2 aromatic rings. The summed E-state index contributed by atoms with van der Waals surface area (Å²) in [6, 6.07) is 10.1. The van der Waals surface area contributed by atoms with Crippen LogP contribution < -0.4 is 19.5 Å². The number of hydrogen-bond acceptors (Lipinski definition) is 7. The normalized spacial score (nSPS) is 20.4. The summed E-state index contributed by atoms with van der Waals surface area (Å²) in [6.45, 7) is 3.91. The van der Waals surface area contributed by atoms with E-state index in [0.717, 1.165) is 25.7 Å². The van der Waals surface area contributed by atoms with Gasteiger partial charge in [-0.1, -0.05) is 32.3 Å². The van der Waals surface area contributed by atoms with E-state index in [2.05, 4.69) is 10.0 Å². The van der Waals surface area contributed by atoms with E-state index in [0.29, 0.717) is 5.75 Å². The lowest BCUT2D eigenvalue weighted by Gasteiger charge is -2.38. The quantitative estimate of drug-likeness (QED) is 0.398. The van der Waals surface area contributed by atoms with Gasteiger partial charge >= 0.3 is 6.03 Å². The fourth-order valence-electron chi connectivity index (χ4n) is 5.38. The van der Waals surface area contributed by atoms with Crippen molar-refractivity contribution in [2.75, 3.05) is 38.6 Å². The van der Waals surface area contributed by atoms with E-state index in [4.69, 9.17) is 9.47 Å². The molecule has 0 aromatic heterocycles. The molecule has 1 heterocycles. The van der Waals surface area contributed by atoms with Crippen molar-refractivity contribution >= 4 is 27.6 Å². The molecule has 4 rings (SSSR count). The molecule has 1 aliphatic carbocycles. The number of nitrogens with one attached hydrogen (secondary N) is 2. The van der Waals surface area contributed by atoms with E-state index in [-0.39, 0.29) is 65.5 Å². The summed E-state index contributed by atoms with van der Waals surface area (Å²) >= 11 is 0. The largest absolute Gasteiger partial charge is 0.497 e. The van der Waals surface area contributed by atoms with Crippen LogP contribution in [0.25, 0.3) is 0 Å². The molecule has 1 saturated carbocycles. The Balaban J connectivity index is 1.66. The predicted octanol–water partition coefficient (Wildman–Crippen LogP) is 3.69. The fourth-order valence-corrected chi connectivity index (χ4v) is 6.45. The van der Waals surface area contributed by atoms with Crippen LogP contribution in [0.15, 0.2) is 47.4 Å². The average Bonchev–Trinajstić information content (AvgIpc) is 2.99. The molecular formula is C30H42N4O7S. The summed E-state index contributed by atoms with van der Waals surface area (Å²) in [4.78, 5) is 30.0. The number of amides is 3. The van der Waals surface area contributed by atoms with Crippen molar-refractivity contribution in [3.8, 4) is 11.5 Å². The molecule has 0 radical (unpaired) electrons. The molecule has 11 nitrogen and oxygen atoms in total. The zero-order chi connectivity index (χ0) is 30.4. The molecule has 0 bridgehead atoms. The number of carbonyl (C=O) groups is 2. The molecule has 0 unspecified atom stereocenters. The Bertz CT molecular complexity index is 1350. The lowest BCUT2D eigenvalue weighted by Crippen LogP contribution is -2.52. The van der Waals surface area contributed by atoms with Crippen molar-refractivity contribution in [1.82, 2.24) is 15.1 Å². The van der Waals surface area contributed by atoms with Gasteiger partial charge in [0.2, 0.25) is 0 Å². The summed E-state index contributed by atoms with van der Waals surface area (Å²) in [5, 5.41) is 13.0. The number of aliphatic hydroxyl groups excluding tert-OH is 1. The van der Waals surface area contributed by atoms with Crippen molar-refractivity contribution in [1.29, 1.82) is 0 Å². The number of methoxy groups -OCH3 is 1. The first kappa shape index (κ1) is 31.4. The van der Waals surface area contributed by atoms with Gasteiger partial charge in [0.15, 0.2) is 5.75 Å². The molecule has 12 heteroatoms. The second-order valence-corrected chi connectivity index (χ2v) is 12.9. The third kappa shape index (κ3) is 7.27. The second kappa shape index (κ2) is 13.6. The third-order valence-electron chi connectivity index (χ3n) is 8.04. The number of ether oxygens (including phenoxy) is 2. The Morgan fingerprint density at radius 2 is 1.86 bits per heavy atom. The topological polar surface area (TPSA) is 138 Å². The van der Waals surface area contributed by atoms with Crippen molar-refractivity contribution < 1.29 is 32.6 Å². The Morgan fingerprint density at radius 3 is 2.50 bits per heavy atom. The molecule has 2 aromatic carbocycles. The summed E-state index contributed by atoms with van der Waals surface area (Å²) in [5.74, 6) is -0.0512. The molecular weight excluding hydrogens is 560 g/mol. The molecule has 1 aliphatic heterocycles. The van der Waals surface area contributed by atoms with Gasteiger partial charge in [0, 0.05) is 25.6 Å². The van der Waals surface area contributed by atoms with Gasteiger partial charge < -0.3 is 29.7 Å². The van der Waals surface area contributed by atoms with Crippen molar-refractivity contribution in [3.63, 3.8) is 0 Å². The Kier molecular flexibility index (Phi) is 10.2. The van der Waals surface area contributed by atoms with Gasteiger partial charge in [0.25, 0.3) is 15.9 Å². The summed E-state index contributed by atoms with van der Waals surface area (Å²) in [6.07, 6.45) is 4.70. The van der Waals surface area contributed by atoms with E-state index >= 15 is 0 Å². The van der Waals surface area contributed by atoms with Crippen LogP contribution in [0.1, 0.15) is 56.3 Å². The summed E-state index contributed by atoms with van der Waals surface area (Å²) < 4.78 is 40.9. The highest BCUT2D eigenvalue weighted by Crippen LogP contribution is 2.36. The molecule has 3 amide bonds. The molecule has 0 saturated heterocycles. The van der Waals surface area contributed by atoms with E-state index in [1.807, 2.05) is 6.92 Å². The second-order valence-electron chi connectivity index (χ2n) is 11.3. The highest BCUT2D eigenvalue weighted by atomic mass is 32.2. The summed E-state index contributed by atoms with van der Waals surface area (Å²) in [5.41, 5.74) is 0.262. The number of benzene rings is 2. The minimum Gasteiger partial charge on any atom is -0.497 e. The standard InChI is InChI=1S/C30H42N4O7S/c1-20-17-34(21(2)19-35)29(36)25-11-8-12-26(32-42(38,39)24-15-13-23(40-4)14-16-24)28(25)41-27(20)18-33(3)30(37)31-22-9-6-5-7-10-22/h8,11-16,20-22,27,32,35H,5-7,9-10,17-19H2,1-4H3,(H,31,37)/t20-,21+,27+/m1/s1. The minimum absolute atomic E-state index is 0.0117. The SMILES string of the molecule is COc1ccc(S(=O)(=O)Nc2cccc3c2O[C@@H](CN(C)C(=O)NC2CCCCC2)[C@H](C)CN([C@@H](C)CO)C3=O)cc1. The Morgan fingerprint density at radius 1 is 1.17 bits per heavy atom. The van der Waals surface area contributed by atoms with Crippen LogP contribution >= 0.6 is 0 Å². The molecule has 0 spiro atoms. The smallest absolute Gasteiger partial charge is 0.317 e. The highest BCUT2D eigenvalue weighted by molar-refractivity contribution is 7.92. The average molecular weight is 603 g/mol. The summed E-state index contributed by atoms with van der Waals surface area (Å²) in [7, 11) is -0.860. The molecule has 3 atom stereocenters. The number of rotatable bonds is 9. The number of hydrogen-bond donors (Lipinski definition) is 3. The number of para-hydroxylation sites is 1. The van der Waals surface area contributed by atoms with Gasteiger partial charge in [-0.2, -0.15) is 0 Å². The Hall–Kier alpha value is -3.51. The number of anilines is 1. The maximum Gasteiger partial charge on any atom is 0.317 e. The van der Waals surface area contributed by atoms with Crippen LogP contribution in [0.4, 0.5) is 10.5 Å². The van der Waals surface area contributed by atoms with Crippen LogP contribution in [-0.4, -0.2) is 87.3 Å². The molecule has 230 valence electrons. The molecule has 3 N–H and O–H groups in total. The van der Waals surface area contributed by atoms with Crippen molar-refractivity contribution in [2.24, 2.45) is 5.92 Å². The fraction of sp³-hybridized carbons (Fsp3) is 0.533. The zero-order valence-electron chi connectivity index (χ0n) is 24.7. The first-order chi connectivity index (χ1) is 20.0. The number of aliphatic hydroxyl groups is 1. The number of sulfonamides is 1. The van der Waals surface area contributed by atoms with Gasteiger partial charge in [-0.3, -0.25) is 9.52 Å². The highest BCUT2D eigenvalue weighted by Gasteiger charge is 2.35. The van der Waals surface area contributed by atoms with Gasteiger partial charge in [0.1, 0.15) is 11.9 Å². The van der Waals surface area contributed by atoms with Gasteiger partial charge in [-0.15, -0.1) is 0 Å². The first-order valence-corrected chi connectivity index (χ1v) is 15.9. The van der Waals surface area contributed by atoms with E-state index < -0.39 is 22.2 Å². The third-order valence-corrected chi connectivity index (χ3v) is 9.42. The monoisotopic (exact) mass is 602 g/mol. The Labute approximate surface area is 248 Å². The van der Waals surface area contributed by atoms with Gasteiger partial charge in [-0.25, -0.2) is 13.2 Å². The maximum absolute atomic E-state index is 13.7. The van der Waals surface area contributed by atoms with Crippen LogP contribution in [0.2, 0.25) is 0 Å². The van der Waals surface area contributed by atoms with Crippen molar-refractivity contribution in [2.45, 2.75) is 69.0 Å². The number of likely N-dealkylation sites (N-methyl/N-ethyl adjacent to an activating group) is 1. The number of carbonyl (C=O) groups excluding carboxylic acids is 2. The lowest BCUT2D eigenvalue weighted by molar-refractivity contribution is 0.0368. The predicted molar refractivity (Wildman–Crippen MR) is 159 cm³/mol. The van der Waals surface area contributed by atoms with Crippen LogP contribution in [0, 0.1) is 5.92 Å². The van der Waals surface area contributed by atoms with Crippen LogP contribution in [0.3, 0.4) is 0 Å². The van der Waals surface area contributed by atoms with Gasteiger partial charge in [0.05, 0.1) is 42.4 Å². The van der Waals surface area contributed by atoms with Crippen LogP contribution in [-0.2, 0) is 10.0 Å². The first-order valence-electron chi connectivity index (χ1n) is 14.4. The molecule has 1 fully saturated rings. The van der Waals surface area contributed by atoms with E-state index in [1.165, 1.54) is 31.7 Å². The molecule has 42 heavy (non-hydrogen) atoms. The number of urea groups is 1. The maximum atomic E-state index is 13.7. The number of fused-ring (bicyclic) bond motifs is 1. The van der Waals surface area contributed by atoms with E-state index in [1.54, 1.807) is 48.0 Å². The lowest BCUT2D eigenvalue weighted by atomic mass is 9.96. The minimum atomic E-state index is -4.05. The number of nitrogens with zero attached hydrogens (tertiary/aromatic N) is 2. The molecule has 2 aliphatic rings. The van der Waals surface area contributed by atoms with E-state index in [9.17, 15) is 23.1 Å². The van der Waals surface area contributed by atoms with Crippen molar-refractivity contribution in [3.05, 3.63) is 48.0 Å².